The number of rotatable bonds is 3. The van der Waals surface area contributed by atoms with Crippen LogP contribution in [0.25, 0.3) is 0 Å². The number of anilines is 1. The van der Waals surface area contributed by atoms with Gasteiger partial charge < -0.3 is 10.2 Å². The van der Waals surface area contributed by atoms with Gasteiger partial charge in [-0.1, -0.05) is 18.5 Å². The summed E-state index contributed by atoms with van der Waals surface area (Å²) < 4.78 is 1.46. The number of fused-ring (bicyclic) bond motifs is 1. The van der Waals surface area contributed by atoms with Crippen molar-refractivity contribution in [1.82, 2.24) is 15.1 Å². The molecule has 0 amide bonds. The van der Waals surface area contributed by atoms with Crippen molar-refractivity contribution >= 4 is 17.3 Å². The third kappa shape index (κ3) is 2.27. The van der Waals surface area contributed by atoms with Crippen LogP contribution in [0.1, 0.15) is 27.2 Å². The Morgan fingerprint density at radius 1 is 1.48 bits per heavy atom. The fraction of sp³-hybridized carbons (Fsp3) is 0.733. The highest BCUT2D eigenvalue weighted by molar-refractivity contribution is 6.33. The molecule has 21 heavy (non-hydrogen) atoms. The van der Waals surface area contributed by atoms with Crippen LogP contribution in [0.15, 0.2) is 11.0 Å². The van der Waals surface area contributed by atoms with E-state index in [9.17, 15) is 4.79 Å². The van der Waals surface area contributed by atoms with Gasteiger partial charge in [-0.15, -0.1) is 0 Å². The van der Waals surface area contributed by atoms with Crippen LogP contribution in [-0.4, -0.2) is 35.0 Å². The summed E-state index contributed by atoms with van der Waals surface area (Å²) in [7, 11) is 0. The normalized spacial score (nSPS) is 27.1. The highest BCUT2D eigenvalue weighted by atomic mass is 35.5. The Balaban J connectivity index is 1.98. The summed E-state index contributed by atoms with van der Waals surface area (Å²) >= 11 is 6.37. The van der Waals surface area contributed by atoms with Gasteiger partial charge in [0, 0.05) is 31.7 Å². The highest BCUT2D eigenvalue weighted by Gasteiger charge is 2.50. The molecule has 2 atom stereocenters. The molecule has 1 N–H and O–H groups in total. The molecule has 0 spiro atoms. The maximum atomic E-state index is 12.3. The van der Waals surface area contributed by atoms with E-state index in [0.29, 0.717) is 23.4 Å². The summed E-state index contributed by atoms with van der Waals surface area (Å²) in [6.45, 7) is 10.1. The minimum Gasteiger partial charge on any atom is -0.363 e. The van der Waals surface area contributed by atoms with Crippen molar-refractivity contribution in [3.05, 3.63) is 21.6 Å². The Kier molecular flexibility index (Phi) is 3.74. The zero-order chi connectivity index (χ0) is 15.2. The van der Waals surface area contributed by atoms with E-state index < -0.39 is 0 Å². The predicted octanol–water partition coefficient (Wildman–Crippen LogP) is 1.74. The van der Waals surface area contributed by atoms with Gasteiger partial charge in [0.15, 0.2) is 0 Å². The maximum absolute atomic E-state index is 12.3. The first-order chi connectivity index (χ1) is 9.96. The molecule has 3 rings (SSSR count). The minimum atomic E-state index is -0.179. The SMILES string of the molecule is CCCn1ncc(N2CC3CNCC3C2(C)C)c(Cl)c1=O. The van der Waals surface area contributed by atoms with E-state index in [4.69, 9.17) is 11.6 Å². The molecule has 2 unspecified atom stereocenters. The lowest BCUT2D eigenvalue weighted by Gasteiger charge is -2.37. The van der Waals surface area contributed by atoms with E-state index in [0.717, 1.165) is 31.7 Å². The van der Waals surface area contributed by atoms with Crippen molar-refractivity contribution in [2.24, 2.45) is 11.8 Å². The molecule has 0 saturated carbocycles. The number of hydrogen-bond acceptors (Lipinski definition) is 4. The van der Waals surface area contributed by atoms with Crippen LogP contribution in [0.3, 0.4) is 0 Å². The van der Waals surface area contributed by atoms with Gasteiger partial charge in [-0.2, -0.15) is 5.10 Å². The number of nitrogens with one attached hydrogen (secondary N) is 1. The van der Waals surface area contributed by atoms with Gasteiger partial charge in [-0.05, 0) is 32.1 Å². The minimum absolute atomic E-state index is 0.0110. The topological polar surface area (TPSA) is 50.2 Å². The first kappa shape index (κ1) is 14.9. The average Bonchev–Trinajstić information content (AvgIpc) is 2.99. The molecule has 0 aliphatic carbocycles. The molecule has 1 aromatic heterocycles. The molecular formula is C15H23ClN4O. The Morgan fingerprint density at radius 2 is 2.24 bits per heavy atom. The lowest BCUT2D eigenvalue weighted by atomic mass is 9.85. The molecule has 2 aliphatic heterocycles. The van der Waals surface area contributed by atoms with Crippen LogP contribution in [0.2, 0.25) is 5.02 Å². The molecule has 0 radical (unpaired) electrons. The van der Waals surface area contributed by atoms with Crippen LogP contribution in [0.4, 0.5) is 5.69 Å². The van der Waals surface area contributed by atoms with E-state index in [1.54, 1.807) is 6.20 Å². The summed E-state index contributed by atoms with van der Waals surface area (Å²) in [4.78, 5) is 14.6. The van der Waals surface area contributed by atoms with Crippen molar-refractivity contribution in [1.29, 1.82) is 0 Å². The molecule has 3 heterocycles. The standard InChI is InChI=1S/C15H23ClN4O/c1-4-5-20-14(21)13(16)12(8-18-20)19-9-10-6-17-7-11(10)15(19,2)3/h8,10-11,17H,4-7,9H2,1-3H3. The molecule has 2 fully saturated rings. The van der Waals surface area contributed by atoms with Crippen LogP contribution in [-0.2, 0) is 6.54 Å². The first-order valence-corrected chi connectivity index (χ1v) is 8.08. The fourth-order valence-electron chi connectivity index (χ4n) is 3.85. The van der Waals surface area contributed by atoms with Gasteiger partial charge in [-0.3, -0.25) is 4.79 Å². The number of nitrogens with zero attached hydrogens (tertiary/aromatic N) is 3. The summed E-state index contributed by atoms with van der Waals surface area (Å²) in [6, 6.07) is 0. The van der Waals surface area contributed by atoms with Gasteiger partial charge in [-0.25, -0.2) is 4.68 Å². The monoisotopic (exact) mass is 310 g/mol. The van der Waals surface area contributed by atoms with Crippen LogP contribution in [0, 0.1) is 11.8 Å². The summed E-state index contributed by atoms with van der Waals surface area (Å²) in [6.07, 6.45) is 2.63. The third-order valence-electron chi connectivity index (χ3n) is 5.05. The Bertz CT molecular complexity index is 598. The van der Waals surface area contributed by atoms with Crippen molar-refractivity contribution < 1.29 is 0 Å². The second-order valence-electron chi connectivity index (χ2n) is 6.66. The van der Waals surface area contributed by atoms with E-state index in [1.807, 2.05) is 6.92 Å². The lowest BCUT2D eigenvalue weighted by Crippen LogP contribution is -2.45. The third-order valence-corrected chi connectivity index (χ3v) is 5.41. The van der Waals surface area contributed by atoms with Crippen LogP contribution >= 0.6 is 11.6 Å². The first-order valence-electron chi connectivity index (χ1n) is 7.70. The van der Waals surface area contributed by atoms with Crippen LogP contribution in [0.5, 0.6) is 0 Å². The molecule has 0 bridgehead atoms. The second kappa shape index (κ2) is 5.29. The molecule has 5 nitrogen and oxygen atoms in total. The van der Waals surface area contributed by atoms with E-state index in [-0.39, 0.29) is 11.1 Å². The summed E-state index contributed by atoms with van der Waals surface area (Å²) in [5.41, 5.74) is 0.596. The maximum Gasteiger partial charge on any atom is 0.287 e. The lowest BCUT2D eigenvalue weighted by molar-refractivity contribution is 0.356. The molecule has 0 aromatic carbocycles. The van der Waals surface area contributed by atoms with Crippen molar-refractivity contribution in [2.45, 2.75) is 39.3 Å². The van der Waals surface area contributed by atoms with Gasteiger partial charge in [0.2, 0.25) is 0 Å². The number of aromatic nitrogens is 2. The number of aryl methyl sites for hydroxylation is 1. The molecule has 6 heteroatoms. The van der Waals surface area contributed by atoms with Crippen molar-refractivity contribution in [3.63, 3.8) is 0 Å². The Hall–Kier alpha value is -1.07. The number of halogens is 1. The summed E-state index contributed by atoms with van der Waals surface area (Å²) in [5, 5.41) is 8.06. The van der Waals surface area contributed by atoms with Gasteiger partial charge >= 0.3 is 0 Å². The fourth-order valence-corrected chi connectivity index (χ4v) is 4.09. The molecule has 1 aromatic rings. The van der Waals surface area contributed by atoms with Crippen molar-refractivity contribution in [3.8, 4) is 0 Å². The van der Waals surface area contributed by atoms with Crippen LogP contribution < -0.4 is 15.8 Å². The van der Waals surface area contributed by atoms with Gasteiger partial charge in [0.05, 0.1) is 11.9 Å². The quantitative estimate of drug-likeness (QED) is 0.924. The van der Waals surface area contributed by atoms with E-state index in [2.05, 4.69) is 29.2 Å². The molecular weight excluding hydrogens is 288 g/mol. The van der Waals surface area contributed by atoms with Crippen molar-refractivity contribution in [2.75, 3.05) is 24.5 Å². The molecule has 2 aliphatic rings. The number of hydrogen-bond donors (Lipinski definition) is 1. The largest absolute Gasteiger partial charge is 0.363 e. The highest BCUT2D eigenvalue weighted by Crippen LogP contribution is 2.44. The van der Waals surface area contributed by atoms with Gasteiger partial charge in [0.25, 0.3) is 5.56 Å². The van der Waals surface area contributed by atoms with E-state index in [1.165, 1.54) is 4.68 Å². The Morgan fingerprint density at radius 3 is 2.90 bits per heavy atom. The second-order valence-corrected chi connectivity index (χ2v) is 7.04. The van der Waals surface area contributed by atoms with Gasteiger partial charge in [0.1, 0.15) is 5.02 Å². The smallest absolute Gasteiger partial charge is 0.287 e. The zero-order valence-electron chi connectivity index (χ0n) is 12.9. The molecule has 116 valence electrons. The summed E-state index contributed by atoms with van der Waals surface area (Å²) in [5.74, 6) is 1.21. The van der Waals surface area contributed by atoms with E-state index >= 15 is 0 Å². The molecule has 2 saturated heterocycles. The Labute approximate surface area is 130 Å². The predicted molar refractivity (Wildman–Crippen MR) is 85.1 cm³/mol. The average molecular weight is 311 g/mol. The zero-order valence-corrected chi connectivity index (χ0v) is 13.7.